The van der Waals surface area contributed by atoms with Gasteiger partial charge in [-0.25, -0.2) is 4.90 Å². The number of halogens is 6. The Morgan fingerprint density at radius 2 is 1.44 bits per heavy atom. The molecule has 2 aromatic carbocycles. The predicted molar refractivity (Wildman–Crippen MR) is 158 cm³/mol. The van der Waals surface area contributed by atoms with Crippen molar-refractivity contribution < 1.29 is 23.9 Å². The van der Waals surface area contributed by atoms with E-state index in [0.29, 0.717) is 5.56 Å². The molecule has 0 aromatic heterocycles. The van der Waals surface area contributed by atoms with Crippen LogP contribution >= 0.6 is 69.6 Å². The van der Waals surface area contributed by atoms with E-state index in [4.69, 9.17) is 74.3 Å². The number of imide groups is 1. The van der Waals surface area contributed by atoms with Crippen molar-refractivity contribution in [1.29, 1.82) is 0 Å². The van der Waals surface area contributed by atoms with Crippen molar-refractivity contribution in [3.8, 4) is 5.75 Å². The molecule has 13 heteroatoms. The van der Waals surface area contributed by atoms with Crippen LogP contribution < -0.4 is 14.5 Å². The molecule has 2 aliphatic carbocycles. The molecule has 5 atom stereocenters. The van der Waals surface area contributed by atoms with E-state index in [9.17, 15) is 19.2 Å². The highest BCUT2D eigenvalue weighted by atomic mass is 35.5. The molecule has 7 nitrogen and oxygen atoms in total. The Labute approximate surface area is 265 Å². The number of hydrogen-bond donors (Lipinski definition) is 0. The monoisotopic (exact) mass is 674 g/mol. The number of rotatable bonds is 4. The standard InChI is InChI=1S/C28H20Cl6N2O5/c1-12-5-3-4-6-16(12)35-11-14(10-18(35)37)25(40)41-15-7-8-17(13(2)9-15)36-23(38)19-20(24(36)39)27(32)22(30)21(29)26(19,31)28(27,33)34/h3-9,14,19-20H,10-11H2,1-2H3/t14-,19-,20+,26+,27+/m0/s1. The lowest BCUT2D eigenvalue weighted by Crippen LogP contribution is -2.50. The largest absolute Gasteiger partial charge is 0.426 e. The van der Waals surface area contributed by atoms with Crippen molar-refractivity contribution in [3.05, 3.63) is 63.7 Å². The molecule has 0 N–H and O–H groups in total. The van der Waals surface area contributed by atoms with Crippen LogP contribution in [0.25, 0.3) is 0 Å². The number of aryl methyl sites for hydroxylation is 2. The first-order chi connectivity index (χ1) is 19.2. The van der Waals surface area contributed by atoms with Gasteiger partial charge in [-0.1, -0.05) is 64.6 Å². The third-order valence-electron chi connectivity index (χ3n) is 8.40. The highest BCUT2D eigenvalue weighted by Crippen LogP contribution is 2.77. The van der Waals surface area contributed by atoms with Crippen molar-refractivity contribution in [2.24, 2.45) is 17.8 Å². The van der Waals surface area contributed by atoms with Gasteiger partial charge in [-0.15, -0.1) is 23.2 Å². The maximum Gasteiger partial charge on any atom is 0.316 e. The van der Waals surface area contributed by atoms with E-state index in [1.807, 2.05) is 31.2 Å². The number of esters is 1. The predicted octanol–water partition coefficient (Wildman–Crippen LogP) is 6.21. The molecule has 41 heavy (non-hydrogen) atoms. The number of para-hydroxylation sites is 1. The summed E-state index contributed by atoms with van der Waals surface area (Å²) in [5.74, 6) is -5.08. The normalized spacial score (nSPS) is 31.9. The molecule has 2 aliphatic heterocycles. The molecule has 3 fully saturated rings. The number of nitrogens with zero attached hydrogens (tertiary/aromatic N) is 2. The van der Waals surface area contributed by atoms with Crippen LogP contribution in [0.4, 0.5) is 11.4 Å². The first kappa shape index (κ1) is 29.1. The minimum atomic E-state index is -2.02. The maximum absolute atomic E-state index is 13.7. The lowest BCUT2D eigenvalue weighted by molar-refractivity contribution is -0.139. The molecular weight excluding hydrogens is 657 g/mol. The van der Waals surface area contributed by atoms with Crippen LogP contribution in [-0.2, 0) is 19.2 Å². The van der Waals surface area contributed by atoms with Gasteiger partial charge in [0.15, 0.2) is 4.33 Å². The molecular formula is C28H20Cl6N2O5. The molecule has 2 bridgehead atoms. The Morgan fingerprint density at radius 3 is 2.00 bits per heavy atom. The van der Waals surface area contributed by atoms with Gasteiger partial charge in [0.25, 0.3) is 0 Å². The highest BCUT2D eigenvalue weighted by molar-refractivity contribution is 6.67. The fraction of sp³-hybridized carbons (Fsp3) is 0.357. The molecule has 6 rings (SSSR count). The van der Waals surface area contributed by atoms with Crippen molar-refractivity contribution in [2.75, 3.05) is 16.3 Å². The summed E-state index contributed by atoms with van der Waals surface area (Å²) in [7, 11) is 0. The number of amides is 3. The van der Waals surface area contributed by atoms with Gasteiger partial charge in [0.1, 0.15) is 15.5 Å². The topological polar surface area (TPSA) is 84.0 Å². The number of carbonyl (C=O) groups excluding carboxylic acids is 4. The van der Waals surface area contributed by atoms with E-state index in [2.05, 4.69) is 0 Å². The average Bonchev–Trinajstić information content (AvgIpc) is 3.50. The molecule has 3 amide bonds. The number of allylic oxidation sites excluding steroid dienone is 2. The van der Waals surface area contributed by atoms with Crippen LogP contribution in [0.5, 0.6) is 5.75 Å². The van der Waals surface area contributed by atoms with E-state index < -0.39 is 49.6 Å². The fourth-order valence-electron chi connectivity index (χ4n) is 6.34. The molecule has 0 spiro atoms. The lowest BCUT2D eigenvalue weighted by Gasteiger charge is -2.34. The summed E-state index contributed by atoms with van der Waals surface area (Å²) >= 11 is 39.4. The number of ether oxygens (including phenoxy) is 1. The SMILES string of the molecule is Cc1ccccc1N1C[C@@H](C(=O)Oc2ccc(N3C(=O)[C@@H]4[C@H](C3=O)[C@@]3(Cl)C(Cl)=C(Cl)[C@@]4(Cl)C3(Cl)Cl)c(C)c2)CC1=O. The minimum absolute atomic E-state index is 0.0198. The van der Waals surface area contributed by atoms with Crippen LogP contribution in [-0.4, -0.2) is 44.3 Å². The van der Waals surface area contributed by atoms with Gasteiger partial charge in [-0.3, -0.25) is 19.2 Å². The third-order valence-corrected chi connectivity index (χ3v) is 12.7. The summed E-state index contributed by atoms with van der Waals surface area (Å²) in [4.78, 5) is 51.7. The molecule has 2 heterocycles. The first-order valence-electron chi connectivity index (χ1n) is 12.6. The summed E-state index contributed by atoms with van der Waals surface area (Å²) in [5, 5.41) is -0.342. The summed E-state index contributed by atoms with van der Waals surface area (Å²) in [5.41, 5.74) is 2.36. The van der Waals surface area contributed by atoms with Crippen LogP contribution in [0.2, 0.25) is 0 Å². The maximum atomic E-state index is 13.7. The van der Waals surface area contributed by atoms with Gasteiger partial charge in [0, 0.05) is 18.7 Å². The molecule has 0 radical (unpaired) electrons. The molecule has 214 valence electrons. The Bertz CT molecular complexity index is 1560. The Morgan fingerprint density at radius 1 is 0.854 bits per heavy atom. The molecule has 0 unspecified atom stereocenters. The van der Waals surface area contributed by atoms with Crippen molar-refractivity contribution in [1.82, 2.24) is 0 Å². The van der Waals surface area contributed by atoms with Crippen molar-refractivity contribution >= 4 is 105 Å². The smallest absolute Gasteiger partial charge is 0.316 e. The zero-order valence-electron chi connectivity index (χ0n) is 21.4. The van der Waals surface area contributed by atoms with Gasteiger partial charge >= 0.3 is 5.97 Å². The van der Waals surface area contributed by atoms with Crippen LogP contribution in [0.1, 0.15) is 17.5 Å². The summed E-state index contributed by atoms with van der Waals surface area (Å²) < 4.78 is 3.57. The number of alkyl halides is 4. The Hall–Kier alpha value is -2.00. The summed E-state index contributed by atoms with van der Waals surface area (Å²) in [6.45, 7) is 3.74. The Balaban J connectivity index is 1.22. The van der Waals surface area contributed by atoms with Crippen molar-refractivity contribution in [2.45, 2.75) is 34.3 Å². The second kappa shape index (κ2) is 9.50. The van der Waals surface area contributed by atoms with E-state index in [0.717, 1.165) is 16.2 Å². The van der Waals surface area contributed by atoms with E-state index in [-0.39, 0.29) is 40.4 Å². The van der Waals surface area contributed by atoms with Gasteiger partial charge in [-0.2, -0.15) is 0 Å². The Kier molecular flexibility index (Phi) is 6.74. The van der Waals surface area contributed by atoms with Crippen molar-refractivity contribution in [3.63, 3.8) is 0 Å². The number of carbonyl (C=O) groups is 4. The molecule has 4 aliphatic rings. The fourth-order valence-corrected chi connectivity index (χ4v) is 9.27. The minimum Gasteiger partial charge on any atom is -0.426 e. The van der Waals surface area contributed by atoms with E-state index >= 15 is 0 Å². The second-order valence-electron chi connectivity index (χ2n) is 10.7. The lowest BCUT2D eigenvalue weighted by atomic mass is 9.84. The number of benzene rings is 2. The highest BCUT2D eigenvalue weighted by Gasteiger charge is 2.87. The third kappa shape index (κ3) is 3.66. The van der Waals surface area contributed by atoms with Gasteiger partial charge in [0.05, 0.1) is 33.5 Å². The zero-order valence-corrected chi connectivity index (χ0v) is 25.9. The van der Waals surface area contributed by atoms with Gasteiger partial charge in [0.2, 0.25) is 17.7 Å². The molecule has 2 saturated heterocycles. The summed E-state index contributed by atoms with van der Waals surface area (Å²) in [6, 6.07) is 11.9. The van der Waals surface area contributed by atoms with Gasteiger partial charge < -0.3 is 9.64 Å². The zero-order chi connectivity index (χ0) is 29.8. The van der Waals surface area contributed by atoms with E-state index in [1.54, 1.807) is 11.8 Å². The molecule has 2 aromatic rings. The van der Waals surface area contributed by atoms with Crippen LogP contribution in [0.3, 0.4) is 0 Å². The second-order valence-corrected chi connectivity index (χ2v) is 13.9. The van der Waals surface area contributed by atoms with Gasteiger partial charge in [-0.05, 0) is 49.2 Å². The van der Waals surface area contributed by atoms with E-state index in [1.165, 1.54) is 18.2 Å². The molecule has 1 saturated carbocycles. The first-order valence-corrected chi connectivity index (χ1v) is 14.8. The number of anilines is 2. The number of hydrogen-bond acceptors (Lipinski definition) is 5. The summed E-state index contributed by atoms with van der Waals surface area (Å²) in [6.07, 6.45) is 0.0198. The average molecular weight is 677 g/mol. The van der Waals surface area contributed by atoms with Crippen LogP contribution in [0, 0.1) is 31.6 Å². The van der Waals surface area contributed by atoms with Crippen LogP contribution in [0.15, 0.2) is 52.5 Å². The number of fused-ring (bicyclic) bond motifs is 5. The quantitative estimate of drug-likeness (QED) is 0.166.